The first-order chi connectivity index (χ1) is 10.7. The van der Waals surface area contributed by atoms with Gasteiger partial charge in [0.2, 0.25) is 0 Å². The number of carbonyl (C=O) groups is 2. The highest BCUT2D eigenvalue weighted by atomic mass is 16.6. The number of carbonyl (C=O) groups excluding carboxylic acids is 2. The summed E-state index contributed by atoms with van der Waals surface area (Å²) in [5.41, 5.74) is 0.422. The predicted octanol–water partition coefficient (Wildman–Crippen LogP) is 3.44. The second kappa shape index (κ2) is 7.58. The van der Waals surface area contributed by atoms with Crippen molar-refractivity contribution in [2.45, 2.75) is 26.4 Å². The number of ether oxygens (including phenoxy) is 2. The summed E-state index contributed by atoms with van der Waals surface area (Å²) in [6, 6.07) is 1.52. The van der Waals surface area contributed by atoms with Gasteiger partial charge in [0.1, 0.15) is 5.60 Å². The van der Waals surface area contributed by atoms with Crippen LogP contribution in [0.5, 0.6) is 0 Å². The van der Waals surface area contributed by atoms with E-state index in [0.717, 1.165) is 0 Å². The van der Waals surface area contributed by atoms with Gasteiger partial charge in [-0.25, -0.2) is 9.59 Å². The molecule has 0 aromatic carbocycles. The number of amides is 1. The summed E-state index contributed by atoms with van der Waals surface area (Å²) in [7, 11) is 1.28. The van der Waals surface area contributed by atoms with Gasteiger partial charge >= 0.3 is 12.1 Å². The van der Waals surface area contributed by atoms with Gasteiger partial charge in [-0.3, -0.25) is 9.88 Å². The maximum atomic E-state index is 12.4. The lowest BCUT2D eigenvalue weighted by Gasteiger charge is -2.27. The topological polar surface area (TPSA) is 68.7 Å². The van der Waals surface area contributed by atoms with E-state index in [-0.39, 0.29) is 12.1 Å². The van der Waals surface area contributed by atoms with E-state index in [1.54, 1.807) is 26.8 Å². The number of hydrogen-bond acceptors (Lipinski definition) is 5. The Balaban J connectivity index is 3.34. The van der Waals surface area contributed by atoms with E-state index in [4.69, 9.17) is 4.74 Å². The maximum Gasteiger partial charge on any atom is 0.415 e. The zero-order chi connectivity index (χ0) is 17.6. The Labute approximate surface area is 136 Å². The van der Waals surface area contributed by atoms with Crippen molar-refractivity contribution in [3.05, 3.63) is 42.8 Å². The van der Waals surface area contributed by atoms with Crippen molar-refractivity contribution < 1.29 is 19.1 Å². The molecular formula is C17H22N2O4. The van der Waals surface area contributed by atoms with E-state index in [0.29, 0.717) is 11.4 Å². The summed E-state index contributed by atoms with van der Waals surface area (Å²) in [5.74, 6) is -0.544. The number of aromatic nitrogens is 1. The van der Waals surface area contributed by atoms with Gasteiger partial charge in [0.15, 0.2) is 0 Å². The predicted molar refractivity (Wildman–Crippen MR) is 89.4 cm³/mol. The first-order valence-corrected chi connectivity index (χ1v) is 7.05. The molecule has 0 fully saturated rings. The second-order valence-electron chi connectivity index (χ2n) is 5.70. The van der Waals surface area contributed by atoms with E-state index in [9.17, 15) is 9.59 Å². The van der Waals surface area contributed by atoms with Gasteiger partial charge in [0, 0.05) is 12.7 Å². The van der Waals surface area contributed by atoms with Crippen LogP contribution >= 0.6 is 0 Å². The molecule has 0 spiro atoms. The highest BCUT2D eigenvalue weighted by molar-refractivity contribution is 5.95. The Kier molecular flexibility index (Phi) is 6.07. The van der Waals surface area contributed by atoms with Crippen molar-refractivity contribution in [1.29, 1.82) is 0 Å². The summed E-state index contributed by atoms with van der Waals surface area (Å²) in [4.78, 5) is 29.6. The molecule has 0 atom stereocenters. The molecule has 1 amide bonds. The number of rotatable bonds is 5. The lowest BCUT2D eigenvalue weighted by atomic mass is 10.2. The number of methoxy groups -OCH3 is 1. The normalized spacial score (nSPS) is 10.6. The van der Waals surface area contributed by atoms with Crippen LogP contribution in [0.2, 0.25) is 0 Å². The molecule has 6 nitrogen and oxygen atoms in total. The molecule has 6 heteroatoms. The van der Waals surface area contributed by atoms with Crippen LogP contribution in [-0.2, 0) is 9.47 Å². The van der Waals surface area contributed by atoms with Crippen LogP contribution in [0.15, 0.2) is 31.5 Å². The second-order valence-corrected chi connectivity index (χ2v) is 5.70. The summed E-state index contributed by atoms with van der Waals surface area (Å²) in [5, 5.41) is 0. The van der Waals surface area contributed by atoms with E-state index in [2.05, 4.69) is 22.9 Å². The van der Waals surface area contributed by atoms with E-state index >= 15 is 0 Å². The van der Waals surface area contributed by atoms with Gasteiger partial charge in [-0.2, -0.15) is 0 Å². The molecule has 0 unspecified atom stereocenters. The molecule has 0 aliphatic heterocycles. The largest absolute Gasteiger partial charge is 0.465 e. The minimum Gasteiger partial charge on any atom is -0.465 e. The number of hydrogen-bond donors (Lipinski definition) is 0. The first-order valence-electron chi connectivity index (χ1n) is 7.05. The van der Waals surface area contributed by atoms with Gasteiger partial charge in [0.25, 0.3) is 0 Å². The van der Waals surface area contributed by atoms with E-state index in [1.165, 1.54) is 30.3 Å². The lowest BCUT2D eigenvalue weighted by Crippen LogP contribution is -2.37. The van der Waals surface area contributed by atoms with Crippen molar-refractivity contribution in [1.82, 2.24) is 4.98 Å². The fraction of sp³-hybridized carbons (Fsp3) is 0.353. The van der Waals surface area contributed by atoms with Crippen LogP contribution in [0.25, 0.3) is 6.08 Å². The molecule has 124 valence electrons. The molecular weight excluding hydrogens is 296 g/mol. The molecule has 1 heterocycles. The van der Waals surface area contributed by atoms with Crippen LogP contribution in [0, 0.1) is 0 Å². The highest BCUT2D eigenvalue weighted by Gasteiger charge is 2.25. The van der Waals surface area contributed by atoms with Crippen molar-refractivity contribution in [3.8, 4) is 0 Å². The number of esters is 1. The van der Waals surface area contributed by atoms with Crippen LogP contribution in [0.4, 0.5) is 10.5 Å². The minimum absolute atomic E-state index is 0.196. The third kappa shape index (κ3) is 4.95. The molecule has 23 heavy (non-hydrogen) atoms. The molecule has 1 aromatic heterocycles. The van der Waals surface area contributed by atoms with Crippen LogP contribution in [-0.4, -0.2) is 36.3 Å². The van der Waals surface area contributed by atoms with Crippen molar-refractivity contribution >= 4 is 23.8 Å². The average Bonchev–Trinajstić information content (AvgIpc) is 2.49. The number of pyridine rings is 1. The quantitative estimate of drug-likeness (QED) is 0.614. The van der Waals surface area contributed by atoms with Crippen LogP contribution in [0.3, 0.4) is 0 Å². The van der Waals surface area contributed by atoms with Gasteiger partial charge in [-0.1, -0.05) is 12.7 Å². The molecule has 0 saturated heterocycles. The third-order valence-corrected chi connectivity index (χ3v) is 2.73. The molecule has 1 rings (SSSR count). The molecule has 1 aromatic rings. The summed E-state index contributed by atoms with van der Waals surface area (Å²) in [6.45, 7) is 12.8. The Morgan fingerprint density at radius 3 is 2.48 bits per heavy atom. The average molecular weight is 318 g/mol. The standard InChI is InChI=1S/C17H22N2O4/c1-7-9-19(16(21)23-17(3,4)5)14-10-12(15(20)22-6)11-18-13(14)8-2/h7-8,10-11H,1-2,9H2,3-6H3. The van der Waals surface area contributed by atoms with Crippen molar-refractivity contribution in [2.75, 3.05) is 18.6 Å². The lowest BCUT2D eigenvalue weighted by molar-refractivity contribution is 0.0575. The van der Waals surface area contributed by atoms with Gasteiger partial charge in [-0.15, -0.1) is 6.58 Å². The Morgan fingerprint density at radius 1 is 1.35 bits per heavy atom. The van der Waals surface area contributed by atoms with Crippen LogP contribution in [0.1, 0.15) is 36.8 Å². The van der Waals surface area contributed by atoms with Crippen molar-refractivity contribution in [3.63, 3.8) is 0 Å². The summed E-state index contributed by atoms with van der Waals surface area (Å²) >= 11 is 0. The zero-order valence-electron chi connectivity index (χ0n) is 14.0. The maximum absolute atomic E-state index is 12.4. The molecule has 0 saturated carbocycles. The van der Waals surface area contributed by atoms with Crippen LogP contribution < -0.4 is 4.90 Å². The molecule has 0 aliphatic rings. The minimum atomic E-state index is -0.655. The smallest absolute Gasteiger partial charge is 0.415 e. The van der Waals surface area contributed by atoms with Gasteiger partial charge in [-0.05, 0) is 32.9 Å². The summed E-state index contributed by atoms with van der Waals surface area (Å²) in [6.07, 6.45) is 3.86. The molecule has 0 aliphatic carbocycles. The fourth-order valence-corrected chi connectivity index (χ4v) is 1.78. The highest BCUT2D eigenvalue weighted by Crippen LogP contribution is 2.24. The number of nitrogens with zero attached hydrogens (tertiary/aromatic N) is 2. The Hall–Kier alpha value is -2.63. The third-order valence-electron chi connectivity index (χ3n) is 2.73. The van der Waals surface area contributed by atoms with Gasteiger partial charge < -0.3 is 9.47 Å². The SMILES string of the molecule is C=CCN(C(=O)OC(C)(C)C)c1cc(C(=O)OC)cnc1C=C. The summed E-state index contributed by atoms with van der Waals surface area (Å²) < 4.78 is 10.1. The molecule has 0 radical (unpaired) electrons. The van der Waals surface area contributed by atoms with Crippen molar-refractivity contribution in [2.24, 2.45) is 0 Å². The Bertz CT molecular complexity index is 618. The molecule has 0 N–H and O–H groups in total. The number of anilines is 1. The van der Waals surface area contributed by atoms with E-state index < -0.39 is 17.7 Å². The molecule has 0 bridgehead atoms. The monoisotopic (exact) mass is 318 g/mol. The first kappa shape index (κ1) is 18.4. The van der Waals surface area contributed by atoms with Gasteiger partial charge in [0.05, 0.1) is 24.1 Å². The fourth-order valence-electron chi connectivity index (χ4n) is 1.78. The zero-order valence-corrected chi connectivity index (χ0v) is 14.0. The van der Waals surface area contributed by atoms with E-state index in [1.807, 2.05) is 0 Å². The Morgan fingerprint density at radius 2 is 2.00 bits per heavy atom.